The Labute approximate surface area is 276 Å². The Morgan fingerprint density at radius 2 is 0.936 bits per heavy atom. The van der Waals surface area contributed by atoms with Crippen molar-refractivity contribution >= 4 is 35.5 Å². The van der Waals surface area contributed by atoms with Crippen LogP contribution >= 0.6 is 0 Å². The Bertz CT molecular complexity index is 1310. The fourth-order valence-corrected chi connectivity index (χ4v) is 4.56. The highest BCUT2D eigenvalue weighted by atomic mass is 16.5. The predicted molar refractivity (Wildman–Crippen MR) is 178 cm³/mol. The number of esters is 2. The van der Waals surface area contributed by atoms with Crippen molar-refractivity contribution in [3.63, 3.8) is 0 Å². The van der Waals surface area contributed by atoms with Crippen molar-refractivity contribution in [2.24, 2.45) is 0 Å². The lowest BCUT2D eigenvalue weighted by molar-refractivity contribution is -0.140. The van der Waals surface area contributed by atoms with Gasteiger partial charge in [-0.05, 0) is 75.2 Å². The van der Waals surface area contributed by atoms with Crippen molar-refractivity contribution in [1.29, 1.82) is 10.5 Å². The quantitative estimate of drug-likeness (QED) is 0.0802. The average Bonchev–Trinajstić information content (AvgIpc) is 3.01. The normalized spacial score (nSPS) is 14.2. The summed E-state index contributed by atoms with van der Waals surface area (Å²) in [4.78, 5) is 28.6. The van der Waals surface area contributed by atoms with E-state index in [4.69, 9.17) is 9.47 Å². The van der Waals surface area contributed by atoms with Gasteiger partial charge >= 0.3 is 11.9 Å². The number of aliphatic hydroxyl groups excluding tert-OH is 4. The number of carbonyl (C=O) groups is 2. The third-order valence-corrected chi connectivity index (χ3v) is 6.51. The lowest BCUT2D eigenvalue weighted by Gasteiger charge is -2.27. The van der Waals surface area contributed by atoms with Gasteiger partial charge in [0.25, 0.3) is 0 Å². The number of hydrogen-bond donors (Lipinski definition) is 4. The van der Waals surface area contributed by atoms with Crippen LogP contribution in [0.2, 0.25) is 0 Å². The van der Waals surface area contributed by atoms with Gasteiger partial charge in [-0.1, -0.05) is 24.3 Å². The fraction of sp³-hybridized carbons (Fsp3) is 0.429. The zero-order valence-corrected chi connectivity index (χ0v) is 27.2. The van der Waals surface area contributed by atoms with Gasteiger partial charge in [-0.25, -0.2) is 9.59 Å². The number of anilines is 2. The first-order chi connectivity index (χ1) is 22.3. The molecule has 0 aliphatic carbocycles. The fourth-order valence-electron chi connectivity index (χ4n) is 4.56. The van der Waals surface area contributed by atoms with Crippen LogP contribution in [0.5, 0.6) is 0 Å². The maximum atomic E-state index is 12.5. The second kappa shape index (κ2) is 19.7. The van der Waals surface area contributed by atoms with E-state index in [1.165, 1.54) is 12.2 Å². The van der Waals surface area contributed by atoms with Gasteiger partial charge in [-0.15, -0.1) is 0 Å². The van der Waals surface area contributed by atoms with Crippen LogP contribution in [-0.2, 0) is 19.1 Å². The zero-order valence-electron chi connectivity index (χ0n) is 27.2. The molecule has 2 rings (SSSR count). The van der Waals surface area contributed by atoms with Gasteiger partial charge in [0.05, 0.1) is 37.6 Å². The molecule has 0 aliphatic heterocycles. The second-order valence-corrected chi connectivity index (χ2v) is 11.4. The first-order valence-electron chi connectivity index (χ1n) is 15.3. The molecule has 0 aromatic heterocycles. The Balaban J connectivity index is 1.91. The monoisotopic (exact) mass is 648 g/mol. The molecule has 0 bridgehead atoms. The number of carbonyl (C=O) groups excluding carboxylic acids is 2. The van der Waals surface area contributed by atoms with Gasteiger partial charge < -0.3 is 39.7 Å². The summed E-state index contributed by atoms with van der Waals surface area (Å²) in [5.74, 6) is -1.68. The minimum Gasteiger partial charge on any atom is -0.461 e. The Hall–Kier alpha value is -4.72. The lowest BCUT2D eigenvalue weighted by atomic mass is 10.1. The highest BCUT2D eigenvalue weighted by Gasteiger charge is 2.16. The Kier molecular flexibility index (Phi) is 16.1. The summed E-state index contributed by atoms with van der Waals surface area (Å²) < 4.78 is 10.3. The Morgan fingerprint density at radius 1 is 0.638 bits per heavy atom. The van der Waals surface area contributed by atoms with E-state index in [-0.39, 0.29) is 30.8 Å². The number of rotatable bonds is 18. The lowest BCUT2D eigenvalue weighted by Crippen LogP contribution is -2.36. The van der Waals surface area contributed by atoms with Crippen LogP contribution in [0.4, 0.5) is 11.4 Å². The number of nitriles is 2. The molecule has 252 valence electrons. The number of nitrogens with zero attached hydrogens (tertiary/aromatic N) is 4. The van der Waals surface area contributed by atoms with Crippen molar-refractivity contribution < 1.29 is 39.5 Å². The van der Waals surface area contributed by atoms with Gasteiger partial charge in [0.1, 0.15) is 23.3 Å². The molecule has 4 N–H and O–H groups in total. The van der Waals surface area contributed by atoms with Gasteiger partial charge in [0, 0.05) is 44.0 Å². The average molecular weight is 649 g/mol. The van der Waals surface area contributed by atoms with Crippen LogP contribution in [0.3, 0.4) is 0 Å². The summed E-state index contributed by atoms with van der Waals surface area (Å²) in [6.07, 6.45) is 0.492. The topological polar surface area (TPSA) is 188 Å². The van der Waals surface area contributed by atoms with Crippen LogP contribution in [0.15, 0.2) is 59.7 Å². The third-order valence-electron chi connectivity index (χ3n) is 6.51. The zero-order chi connectivity index (χ0) is 34.9. The van der Waals surface area contributed by atoms with Crippen LogP contribution < -0.4 is 9.80 Å². The minimum absolute atomic E-state index is 0.125. The van der Waals surface area contributed by atoms with Crippen LogP contribution in [0.25, 0.3) is 12.2 Å². The van der Waals surface area contributed by atoms with E-state index in [9.17, 15) is 40.5 Å². The van der Waals surface area contributed by atoms with Gasteiger partial charge in [-0.2, -0.15) is 10.5 Å². The molecular formula is C35H44N4O8. The van der Waals surface area contributed by atoms with Gasteiger partial charge in [-0.3, -0.25) is 0 Å². The molecule has 4 unspecified atom stereocenters. The molecule has 0 spiro atoms. The summed E-state index contributed by atoms with van der Waals surface area (Å²) in [5.41, 5.74) is 2.23. The molecule has 4 atom stereocenters. The number of ether oxygens (including phenoxy) is 2. The minimum atomic E-state index is -0.839. The van der Waals surface area contributed by atoms with Crippen molar-refractivity contribution in [3.05, 3.63) is 70.8 Å². The Morgan fingerprint density at radius 3 is 1.19 bits per heavy atom. The maximum absolute atomic E-state index is 12.5. The summed E-state index contributed by atoms with van der Waals surface area (Å²) >= 11 is 0. The van der Waals surface area contributed by atoms with Crippen molar-refractivity contribution in [1.82, 2.24) is 0 Å². The van der Waals surface area contributed by atoms with E-state index in [1.54, 1.807) is 76.2 Å². The molecular weight excluding hydrogens is 604 g/mol. The first kappa shape index (κ1) is 38.5. The highest BCUT2D eigenvalue weighted by molar-refractivity contribution is 5.98. The smallest absolute Gasteiger partial charge is 0.348 e. The SMILES string of the molecule is CC(O)CN(CC(C)O)c1ccc(/C=C(\C#N)C(=O)OCCCOC(=O)/C(C#N)=C/c2ccc(N(CC(C)O)CC(C)O)cc2)cc1. The summed E-state index contributed by atoms with van der Waals surface area (Å²) in [5, 5.41) is 58.1. The largest absolute Gasteiger partial charge is 0.461 e. The first-order valence-corrected chi connectivity index (χ1v) is 15.3. The molecule has 0 saturated heterocycles. The van der Waals surface area contributed by atoms with E-state index >= 15 is 0 Å². The molecule has 47 heavy (non-hydrogen) atoms. The van der Waals surface area contributed by atoms with Crippen LogP contribution in [0.1, 0.15) is 45.2 Å². The van der Waals surface area contributed by atoms with Crippen molar-refractivity contribution in [3.8, 4) is 12.1 Å². The number of hydrogen-bond acceptors (Lipinski definition) is 12. The van der Waals surface area contributed by atoms with E-state index in [2.05, 4.69) is 0 Å². The van der Waals surface area contributed by atoms with Gasteiger partial charge in [0.15, 0.2) is 0 Å². The predicted octanol–water partition coefficient (Wildman–Crippen LogP) is 2.81. The van der Waals surface area contributed by atoms with Crippen molar-refractivity contribution in [2.45, 2.75) is 58.5 Å². The highest BCUT2D eigenvalue weighted by Crippen LogP contribution is 2.20. The molecule has 0 aliphatic rings. The molecule has 12 nitrogen and oxygen atoms in total. The number of benzene rings is 2. The second-order valence-electron chi connectivity index (χ2n) is 11.4. The molecule has 0 amide bonds. The van der Waals surface area contributed by atoms with E-state index < -0.39 is 36.4 Å². The summed E-state index contributed by atoms with van der Waals surface area (Å²) in [6.45, 7) is 7.66. The molecule has 0 heterocycles. The molecule has 2 aromatic rings. The van der Waals surface area contributed by atoms with E-state index in [0.717, 1.165) is 11.4 Å². The molecule has 12 heteroatoms. The van der Waals surface area contributed by atoms with Gasteiger partial charge in [0.2, 0.25) is 0 Å². The molecule has 0 saturated carbocycles. The van der Waals surface area contributed by atoms with E-state index in [1.807, 2.05) is 21.9 Å². The third kappa shape index (κ3) is 14.1. The molecule has 0 radical (unpaired) electrons. The van der Waals surface area contributed by atoms with Crippen LogP contribution in [0, 0.1) is 22.7 Å². The van der Waals surface area contributed by atoms with E-state index in [0.29, 0.717) is 37.3 Å². The summed E-state index contributed by atoms with van der Waals surface area (Å²) in [6, 6.07) is 17.5. The molecule has 0 fully saturated rings. The maximum Gasteiger partial charge on any atom is 0.348 e. The standard InChI is InChI=1S/C35H44N4O8/c1-24(40)20-38(21-25(2)41)32-10-6-28(7-11-32)16-30(18-36)34(44)46-14-5-15-47-35(45)31(19-37)17-29-8-12-33(13-9-29)39(22-26(3)42)23-27(4)43/h6-13,16-17,24-27,40-43H,5,14-15,20-23H2,1-4H3/b30-16+,31-17+. The molecule has 2 aromatic carbocycles. The van der Waals surface area contributed by atoms with Crippen molar-refractivity contribution in [2.75, 3.05) is 49.2 Å². The number of aliphatic hydroxyl groups is 4. The van der Waals surface area contributed by atoms with Crippen LogP contribution in [-0.4, -0.2) is 96.2 Å². The summed E-state index contributed by atoms with van der Waals surface area (Å²) in [7, 11) is 0.